The summed E-state index contributed by atoms with van der Waals surface area (Å²) in [6.07, 6.45) is -0.207. The molecule has 0 spiro atoms. The largest absolute Gasteiger partial charge is 0.392 e. The Morgan fingerprint density at radius 1 is 0.791 bits per heavy atom. The fraction of sp³-hybridized carbons (Fsp3) is 0.235. The van der Waals surface area contributed by atoms with Gasteiger partial charge in [0, 0.05) is 47.5 Å². The van der Waals surface area contributed by atoms with Gasteiger partial charge in [-0.2, -0.15) is 0 Å². The molecule has 3 atom stereocenters. The zero-order valence-electron chi connectivity index (χ0n) is 23.9. The van der Waals surface area contributed by atoms with Gasteiger partial charge >= 0.3 is 6.03 Å². The summed E-state index contributed by atoms with van der Waals surface area (Å²) in [5.41, 5.74) is 5.16. The van der Waals surface area contributed by atoms with Crippen LogP contribution >= 0.6 is 11.8 Å². The van der Waals surface area contributed by atoms with Crippen LogP contribution in [0.15, 0.2) is 108 Å². The Hall–Kier alpha value is -4.15. The summed E-state index contributed by atoms with van der Waals surface area (Å²) in [6.45, 7) is 1.92. The molecular weight excluding hydrogens is 562 g/mol. The Morgan fingerprint density at radius 3 is 2.12 bits per heavy atom. The van der Waals surface area contributed by atoms with Gasteiger partial charge in [-0.25, -0.2) is 4.79 Å². The predicted molar refractivity (Wildman–Crippen MR) is 169 cm³/mol. The maximum absolute atomic E-state index is 12.4. The van der Waals surface area contributed by atoms with E-state index < -0.39 is 6.29 Å². The van der Waals surface area contributed by atoms with Gasteiger partial charge in [-0.05, 0) is 53.1 Å². The molecule has 1 saturated heterocycles. The summed E-state index contributed by atoms with van der Waals surface area (Å²) >= 11 is 1.69. The molecule has 0 unspecified atom stereocenters. The molecule has 4 N–H and O–H groups in total. The number of carbonyl (C=O) groups is 2. The van der Waals surface area contributed by atoms with E-state index in [2.05, 4.69) is 16.0 Å². The van der Waals surface area contributed by atoms with E-state index in [9.17, 15) is 14.7 Å². The minimum Gasteiger partial charge on any atom is -0.392 e. The van der Waals surface area contributed by atoms with E-state index in [4.69, 9.17) is 9.47 Å². The van der Waals surface area contributed by atoms with Crippen LogP contribution in [0.4, 0.5) is 16.2 Å². The average Bonchev–Trinajstić information content (AvgIpc) is 3.04. The van der Waals surface area contributed by atoms with Crippen LogP contribution in [0.1, 0.15) is 48.0 Å². The van der Waals surface area contributed by atoms with Crippen molar-refractivity contribution in [3.05, 3.63) is 125 Å². The quantitative estimate of drug-likeness (QED) is 0.150. The van der Waals surface area contributed by atoms with Crippen molar-refractivity contribution in [1.82, 2.24) is 5.32 Å². The van der Waals surface area contributed by atoms with E-state index >= 15 is 0 Å². The van der Waals surface area contributed by atoms with Gasteiger partial charge in [0.1, 0.15) is 0 Å². The molecule has 4 aromatic rings. The summed E-state index contributed by atoms with van der Waals surface area (Å²) in [7, 11) is 0. The molecule has 222 valence electrons. The molecule has 0 aliphatic carbocycles. The highest BCUT2D eigenvalue weighted by Gasteiger charge is 2.32. The first-order valence-corrected chi connectivity index (χ1v) is 15.1. The van der Waals surface area contributed by atoms with Crippen molar-refractivity contribution in [3.8, 4) is 0 Å². The maximum Gasteiger partial charge on any atom is 0.319 e. The molecule has 5 rings (SSSR count). The first-order chi connectivity index (χ1) is 20.9. The van der Waals surface area contributed by atoms with Gasteiger partial charge in [0.05, 0.1) is 18.8 Å². The fourth-order valence-electron chi connectivity index (χ4n) is 4.73. The number of hydrogen-bond acceptors (Lipinski definition) is 6. The summed E-state index contributed by atoms with van der Waals surface area (Å²) in [5.74, 6) is 0.612. The Labute approximate surface area is 255 Å². The van der Waals surface area contributed by atoms with Gasteiger partial charge in [-0.1, -0.05) is 66.7 Å². The third-order valence-electron chi connectivity index (χ3n) is 6.96. The van der Waals surface area contributed by atoms with Crippen molar-refractivity contribution >= 4 is 35.1 Å². The number of aliphatic hydroxyl groups excluding tert-OH is 1. The Balaban J connectivity index is 1.24. The number of rotatable bonds is 10. The average molecular weight is 598 g/mol. The van der Waals surface area contributed by atoms with Crippen molar-refractivity contribution in [1.29, 1.82) is 0 Å². The number of carbonyl (C=O) groups excluding carboxylic acids is 2. The number of benzene rings is 4. The topological polar surface area (TPSA) is 109 Å². The van der Waals surface area contributed by atoms with Crippen LogP contribution in [0.2, 0.25) is 0 Å². The molecule has 9 heteroatoms. The van der Waals surface area contributed by atoms with Crippen LogP contribution < -0.4 is 16.0 Å². The van der Waals surface area contributed by atoms with Crippen molar-refractivity contribution in [2.24, 2.45) is 0 Å². The first kappa shape index (κ1) is 30.3. The lowest BCUT2D eigenvalue weighted by atomic mass is 10.0. The first-order valence-electron chi connectivity index (χ1n) is 14.1. The minimum atomic E-state index is -0.593. The van der Waals surface area contributed by atoms with E-state index in [1.54, 1.807) is 11.8 Å². The Bertz CT molecular complexity index is 1480. The minimum absolute atomic E-state index is 0.0117. The van der Waals surface area contributed by atoms with Crippen molar-refractivity contribution in [3.63, 3.8) is 0 Å². The predicted octanol–water partition coefficient (Wildman–Crippen LogP) is 6.80. The van der Waals surface area contributed by atoms with Crippen LogP contribution in [-0.2, 0) is 27.4 Å². The van der Waals surface area contributed by atoms with Crippen LogP contribution in [-0.4, -0.2) is 28.9 Å². The second-order valence-electron chi connectivity index (χ2n) is 10.3. The van der Waals surface area contributed by atoms with Gasteiger partial charge in [-0.3, -0.25) is 4.79 Å². The summed E-state index contributed by atoms with van der Waals surface area (Å²) in [5, 5.41) is 18.0. The molecule has 1 aliphatic heterocycles. The number of anilines is 2. The van der Waals surface area contributed by atoms with Crippen LogP contribution in [0, 0.1) is 0 Å². The summed E-state index contributed by atoms with van der Waals surface area (Å²) < 4.78 is 12.9. The molecule has 0 saturated carbocycles. The fourth-order valence-corrected chi connectivity index (χ4v) is 5.65. The highest BCUT2D eigenvalue weighted by atomic mass is 32.2. The third-order valence-corrected chi connectivity index (χ3v) is 8.11. The SMILES string of the molecule is CC(=O)Nc1ccc(SC[C@H]2C[C@@H](c3ccc(CO)cc3)O[C@@H](c3ccc(NC(=O)NCc4ccccc4)cc3)O2)cc1. The van der Waals surface area contributed by atoms with E-state index in [0.717, 1.165) is 32.8 Å². The molecule has 3 amide bonds. The zero-order valence-corrected chi connectivity index (χ0v) is 24.7. The van der Waals surface area contributed by atoms with Crippen LogP contribution in [0.3, 0.4) is 0 Å². The number of aliphatic hydroxyl groups is 1. The number of amides is 3. The standard InChI is InChI=1S/C34H35N3O5S/c1-23(39)36-28-15-17-31(18-16-28)43-22-30-19-32(26-9-7-25(21-38)8-10-26)42-33(41-30)27-11-13-29(14-12-27)37-34(40)35-20-24-5-3-2-4-6-24/h2-18,30,32-33,38H,19-22H2,1H3,(H,36,39)(H2,35,37,40)/t30-,32+,33+/m1/s1. The van der Waals surface area contributed by atoms with Gasteiger partial charge in [0.15, 0.2) is 6.29 Å². The molecule has 1 aliphatic rings. The van der Waals surface area contributed by atoms with Gasteiger partial charge < -0.3 is 30.5 Å². The Kier molecular flexibility index (Phi) is 10.5. The maximum atomic E-state index is 12.4. The molecule has 8 nitrogen and oxygen atoms in total. The number of urea groups is 1. The highest BCUT2D eigenvalue weighted by molar-refractivity contribution is 7.99. The number of nitrogens with one attached hydrogen (secondary N) is 3. The Morgan fingerprint density at radius 2 is 1.44 bits per heavy atom. The summed E-state index contributed by atoms with van der Waals surface area (Å²) in [6, 6.07) is 32.5. The van der Waals surface area contributed by atoms with E-state index in [0.29, 0.717) is 24.4 Å². The van der Waals surface area contributed by atoms with Crippen molar-refractivity contribution < 1.29 is 24.2 Å². The summed E-state index contributed by atoms with van der Waals surface area (Å²) in [4.78, 5) is 24.8. The van der Waals surface area contributed by atoms with Gasteiger partial charge in [-0.15, -0.1) is 11.8 Å². The normalized spacial score (nSPS) is 18.0. The highest BCUT2D eigenvalue weighted by Crippen LogP contribution is 2.39. The van der Waals surface area contributed by atoms with E-state index in [1.807, 2.05) is 103 Å². The van der Waals surface area contributed by atoms with Crippen LogP contribution in [0.5, 0.6) is 0 Å². The number of ether oxygens (including phenoxy) is 2. The molecule has 1 fully saturated rings. The van der Waals surface area contributed by atoms with E-state index in [-0.39, 0.29) is 30.8 Å². The second-order valence-corrected chi connectivity index (χ2v) is 11.4. The zero-order chi connectivity index (χ0) is 30.0. The monoisotopic (exact) mass is 597 g/mol. The lowest BCUT2D eigenvalue weighted by Crippen LogP contribution is -2.31. The number of hydrogen-bond donors (Lipinski definition) is 4. The number of thioether (sulfide) groups is 1. The molecule has 0 bridgehead atoms. The second kappa shape index (κ2) is 14.8. The van der Waals surface area contributed by atoms with Crippen LogP contribution in [0.25, 0.3) is 0 Å². The van der Waals surface area contributed by atoms with E-state index in [1.165, 1.54) is 6.92 Å². The molecule has 0 radical (unpaired) electrons. The molecule has 43 heavy (non-hydrogen) atoms. The van der Waals surface area contributed by atoms with Crippen molar-refractivity contribution in [2.45, 2.75) is 49.9 Å². The third kappa shape index (κ3) is 8.92. The molecular formula is C34H35N3O5S. The van der Waals surface area contributed by atoms with Gasteiger partial charge in [0.2, 0.25) is 5.91 Å². The lowest BCUT2D eigenvalue weighted by molar-refractivity contribution is -0.245. The lowest BCUT2D eigenvalue weighted by Gasteiger charge is -2.36. The van der Waals surface area contributed by atoms with Gasteiger partial charge in [0.25, 0.3) is 0 Å². The molecule has 4 aromatic carbocycles. The molecule has 1 heterocycles. The smallest absolute Gasteiger partial charge is 0.319 e. The molecule has 0 aromatic heterocycles. The van der Waals surface area contributed by atoms with Crippen molar-refractivity contribution in [2.75, 3.05) is 16.4 Å².